The van der Waals surface area contributed by atoms with Crippen LogP contribution >= 0.6 is 0 Å². The predicted octanol–water partition coefficient (Wildman–Crippen LogP) is 2.27. The highest BCUT2D eigenvalue weighted by molar-refractivity contribution is 5.78. The number of nitrogens with zero attached hydrogens (tertiary/aromatic N) is 3. The van der Waals surface area contributed by atoms with Crippen LogP contribution in [0.25, 0.3) is 0 Å². The van der Waals surface area contributed by atoms with Gasteiger partial charge in [0, 0.05) is 31.7 Å². The molecule has 1 amide bonds. The quantitative estimate of drug-likeness (QED) is 0.701. The predicted molar refractivity (Wildman–Crippen MR) is 108 cm³/mol. The summed E-state index contributed by atoms with van der Waals surface area (Å²) < 4.78 is 42.6. The summed E-state index contributed by atoms with van der Waals surface area (Å²) in [6.07, 6.45) is -0.507. The molecule has 0 aromatic carbocycles. The first-order valence-corrected chi connectivity index (χ1v) is 10.3. The second kappa shape index (κ2) is 10.8. The Hall–Kier alpha value is -2.63. The number of hydrogen-bond acceptors (Lipinski definition) is 7. The summed E-state index contributed by atoms with van der Waals surface area (Å²) in [5.41, 5.74) is 0.121. The molecule has 1 aromatic heterocycles. The Labute approximate surface area is 184 Å². The zero-order valence-electron chi connectivity index (χ0n) is 18.3. The molecule has 0 saturated carbocycles. The molecule has 2 aliphatic rings. The fourth-order valence-electron chi connectivity index (χ4n) is 3.75. The first-order valence-electron chi connectivity index (χ1n) is 10.3. The van der Waals surface area contributed by atoms with Crippen LogP contribution in [-0.2, 0) is 14.3 Å². The standard InChI is InChI=1S/C18H28N4O3.C2HF3O2/c1-13(2)17(23)21-14-11-25-9-6-18(14)4-7-22(8-5-18)15-10-16(24-3)20-12-19-15;3-2(4,5)1(6)7/h10,12-14H,4-9,11H2,1-3H3,(H,21,23);(H,6,7). The molecule has 2 N–H and O–H groups in total. The summed E-state index contributed by atoms with van der Waals surface area (Å²) >= 11 is 0. The van der Waals surface area contributed by atoms with Crippen molar-refractivity contribution in [2.75, 3.05) is 38.3 Å². The van der Waals surface area contributed by atoms with Crippen LogP contribution in [-0.4, -0.2) is 72.6 Å². The number of anilines is 1. The second-order valence-corrected chi connectivity index (χ2v) is 8.11. The lowest BCUT2D eigenvalue weighted by Gasteiger charge is -2.49. The minimum absolute atomic E-state index is 0.00690. The van der Waals surface area contributed by atoms with Crippen molar-refractivity contribution in [1.82, 2.24) is 15.3 Å². The van der Waals surface area contributed by atoms with E-state index < -0.39 is 12.1 Å². The Morgan fingerprint density at radius 1 is 1.28 bits per heavy atom. The van der Waals surface area contributed by atoms with E-state index in [0.717, 1.165) is 44.8 Å². The third-order valence-corrected chi connectivity index (χ3v) is 5.77. The lowest BCUT2D eigenvalue weighted by molar-refractivity contribution is -0.192. The van der Waals surface area contributed by atoms with Crippen molar-refractivity contribution in [3.8, 4) is 5.88 Å². The molecule has 1 aromatic rings. The molecule has 2 fully saturated rings. The normalized spacial score (nSPS) is 20.3. The summed E-state index contributed by atoms with van der Waals surface area (Å²) in [6.45, 7) is 7.06. The molecular weight excluding hydrogens is 433 g/mol. The van der Waals surface area contributed by atoms with Gasteiger partial charge in [0.25, 0.3) is 0 Å². The number of carbonyl (C=O) groups is 2. The Morgan fingerprint density at radius 3 is 2.44 bits per heavy atom. The van der Waals surface area contributed by atoms with Crippen molar-refractivity contribution in [2.45, 2.75) is 45.3 Å². The smallest absolute Gasteiger partial charge is 0.481 e. The van der Waals surface area contributed by atoms with E-state index in [1.54, 1.807) is 13.4 Å². The molecule has 0 bridgehead atoms. The minimum atomic E-state index is -5.08. The van der Waals surface area contributed by atoms with Crippen molar-refractivity contribution in [1.29, 1.82) is 0 Å². The lowest BCUT2D eigenvalue weighted by atomic mass is 9.69. The van der Waals surface area contributed by atoms with E-state index in [1.807, 2.05) is 19.9 Å². The SMILES string of the molecule is COc1cc(N2CCC3(CCOCC3NC(=O)C(C)C)CC2)ncn1.O=C(O)C(F)(F)F. The van der Waals surface area contributed by atoms with Crippen molar-refractivity contribution in [3.05, 3.63) is 12.4 Å². The molecule has 9 nitrogen and oxygen atoms in total. The van der Waals surface area contributed by atoms with E-state index in [0.29, 0.717) is 12.5 Å². The summed E-state index contributed by atoms with van der Waals surface area (Å²) in [4.78, 5) is 31.8. The van der Waals surface area contributed by atoms with Gasteiger partial charge in [0.2, 0.25) is 11.8 Å². The van der Waals surface area contributed by atoms with Crippen molar-refractivity contribution in [3.63, 3.8) is 0 Å². The highest BCUT2D eigenvalue weighted by Crippen LogP contribution is 2.41. The van der Waals surface area contributed by atoms with Gasteiger partial charge in [0.05, 0.1) is 19.8 Å². The van der Waals surface area contributed by atoms with Crippen molar-refractivity contribution < 1.29 is 37.3 Å². The number of aliphatic carboxylic acids is 1. The number of alkyl halides is 3. The van der Waals surface area contributed by atoms with Gasteiger partial charge in [0.1, 0.15) is 12.1 Å². The Bertz CT molecular complexity index is 783. The number of carboxylic acid groups (broad SMARTS) is 1. The lowest BCUT2D eigenvalue weighted by Crippen LogP contribution is -2.58. The van der Waals surface area contributed by atoms with E-state index in [-0.39, 0.29) is 23.3 Å². The molecule has 0 radical (unpaired) electrons. The molecule has 32 heavy (non-hydrogen) atoms. The van der Waals surface area contributed by atoms with Crippen LogP contribution in [0.5, 0.6) is 5.88 Å². The number of amides is 1. The maximum absolute atomic E-state index is 12.2. The fraction of sp³-hybridized carbons (Fsp3) is 0.700. The number of ether oxygens (including phenoxy) is 2. The first kappa shape index (κ1) is 25.6. The molecule has 3 rings (SSSR count). The van der Waals surface area contributed by atoms with Gasteiger partial charge in [0.15, 0.2) is 0 Å². The maximum atomic E-state index is 12.2. The maximum Gasteiger partial charge on any atom is 0.490 e. The molecule has 1 unspecified atom stereocenters. The Morgan fingerprint density at radius 2 is 1.91 bits per heavy atom. The van der Waals surface area contributed by atoms with E-state index in [4.69, 9.17) is 19.4 Å². The van der Waals surface area contributed by atoms with Crippen LogP contribution in [0.2, 0.25) is 0 Å². The average Bonchev–Trinajstić information content (AvgIpc) is 2.75. The number of aromatic nitrogens is 2. The number of carboxylic acids is 1. The van der Waals surface area contributed by atoms with Crippen LogP contribution in [0.4, 0.5) is 19.0 Å². The molecule has 2 aliphatic heterocycles. The number of rotatable bonds is 4. The summed E-state index contributed by atoms with van der Waals surface area (Å²) in [5, 5.41) is 10.3. The number of hydrogen-bond donors (Lipinski definition) is 2. The second-order valence-electron chi connectivity index (χ2n) is 8.11. The molecule has 2 saturated heterocycles. The van der Waals surface area contributed by atoms with E-state index in [1.165, 1.54) is 0 Å². The van der Waals surface area contributed by atoms with Gasteiger partial charge in [-0.25, -0.2) is 14.8 Å². The number of nitrogens with one attached hydrogen (secondary N) is 1. The topological polar surface area (TPSA) is 114 Å². The third-order valence-electron chi connectivity index (χ3n) is 5.77. The summed E-state index contributed by atoms with van der Waals surface area (Å²) in [5.74, 6) is -1.17. The van der Waals surface area contributed by atoms with Crippen molar-refractivity contribution >= 4 is 17.7 Å². The summed E-state index contributed by atoms with van der Waals surface area (Å²) in [7, 11) is 1.61. The van der Waals surface area contributed by atoms with Crippen LogP contribution in [0, 0.1) is 11.3 Å². The molecule has 0 aliphatic carbocycles. The Kier molecular flexibility index (Phi) is 8.65. The van der Waals surface area contributed by atoms with Gasteiger partial charge in [-0.3, -0.25) is 4.79 Å². The van der Waals surface area contributed by atoms with Gasteiger partial charge in [-0.1, -0.05) is 13.8 Å². The Balaban J connectivity index is 0.000000451. The first-order chi connectivity index (χ1) is 15.0. The molecule has 1 atom stereocenters. The molecule has 180 valence electrons. The van der Waals surface area contributed by atoms with Gasteiger partial charge in [-0.15, -0.1) is 0 Å². The molecule has 1 spiro atoms. The zero-order valence-corrected chi connectivity index (χ0v) is 18.3. The monoisotopic (exact) mass is 462 g/mol. The highest BCUT2D eigenvalue weighted by Gasteiger charge is 2.44. The number of halogens is 3. The van der Waals surface area contributed by atoms with Crippen LogP contribution < -0.4 is 15.0 Å². The van der Waals surface area contributed by atoms with Crippen LogP contribution in [0.3, 0.4) is 0 Å². The summed E-state index contributed by atoms with van der Waals surface area (Å²) in [6, 6.07) is 1.97. The zero-order chi connectivity index (χ0) is 23.9. The van der Waals surface area contributed by atoms with Gasteiger partial charge < -0.3 is 24.8 Å². The van der Waals surface area contributed by atoms with Crippen molar-refractivity contribution in [2.24, 2.45) is 11.3 Å². The molecule has 12 heteroatoms. The average molecular weight is 462 g/mol. The van der Waals surface area contributed by atoms with Gasteiger partial charge in [-0.2, -0.15) is 13.2 Å². The van der Waals surface area contributed by atoms with E-state index in [9.17, 15) is 18.0 Å². The van der Waals surface area contributed by atoms with E-state index >= 15 is 0 Å². The largest absolute Gasteiger partial charge is 0.490 e. The number of piperidine rings is 1. The fourth-order valence-corrected chi connectivity index (χ4v) is 3.75. The van der Waals surface area contributed by atoms with E-state index in [2.05, 4.69) is 20.2 Å². The third kappa shape index (κ3) is 6.68. The van der Waals surface area contributed by atoms with Crippen LogP contribution in [0.1, 0.15) is 33.1 Å². The van der Waals surface area contributed by atoms with Gasteiger partial charge in [-0.05, 0) is 24.7 Å². The van der Waals surface area contributed by atoms with Crippen LogP contribution in [0.15, 0.2) is 12.4 Å². The number of carbonyl (C=O) groups excluding carboxylic acids is 1. The van der Waals surface area contributed by atoms with Gasteiger partial charge >= 0.3 is 12.1 Å². The molecular formula is C20H29F3N4O5. The molecule has 3 heterocycles. The highest BCUT2D eigenvalue weighted by atomic mass is 19.4. The minimum Gasteiger partial charge on any atom is -0.481 e. The number of methoxy groups -OCH3 is 1.